The van der Waals surface area contributed by atoms with Crippen molar-refractivity contribution in [1.82, 2.24) is 4.98 Å². The fraction of sp³-hybridized carbons (Fsp3) is 0.238. The zero-order valence-electron chi connectivity index (χ0n) is 15.7. The summed E-state index contributed by atoms with van der Waals surface area (Å²) >= 11 is 1.59. The predicted molar refractivity (Wildman–Crippen MR) is 111 cm³/mol. The third kappa shape index (κ3) is 4.23. The van der Waals surface area contributed by atoms with Crippen LogP contribution >= 0.6 is 11.8 Å². The van der Waals surface area contributed by atoms with E-state index in [2.05, 4.69) is 10.3 Å². The van der Waals surface area contributed by atoms with Gasteiger partial charge >= 0.3 is 0 Å². The Balaban J connectivity index is 1.67. The third-order valence-electron chi connectivity index (χ3n) is 4.81. The molecule has 1 heterocycles. The monoisotopic (exact) mass is 382 g/mol. The van der Waals surface area contributed by atoms with Gasteiger partial charge in [-0.05, 0) is 31.4 Å². The number of quaternary nitrogens is 1. The molecule has 0 saturated carbocycles. The van der Waals surface area contributed by atoms with E-state index in [1.165, 1.54) is 0 Å². The molecular weight excluding hydrogens is 358 g/mol. The summed E-state index contributed by atoms with van der Waals surface area (Å²) in [6, 6.07) is 15.1. The first-order valence-electron chi connectivity index (χ1n) is 8.86. The summed E-state index contributed by atoms with van der Waals surface area (Å²) in [5.41, 5.74) is 2.42. The molecule has 27 heavy (non-hydrogen) atoms. The number of ketones is 1. The number of H-pyrrole nitrogens is 1. The molecule has 0 fully saturated rings. The lowest BCUT2D eigenvalue weighted by Crippen LogP contribution is -3.14. The number of fused-ring (bicyclic) bond motifs is 1. The lowest BCUT2D eigenvalue weighted by Gasteiger charge is -2.20. The average molecular weight is 383 g/mol. The van der Waals surface area contributed by atoms with Gasteiger partial charge in [0.1, 0.15) is 6.04 Å². The number of nitrogens with one attached hydrogen (secondary N) is 3. The molecule has 0 saturated heterocycles. The summed E-state index contributed by atoms with van der Waals surface area (Å²) in [5, 5.41) is 3.87. The fourth-order valence-electron chi connectivity index (χ4n) is 3.08. The molecule has 0 spiro atoms. The minimum absolute atomic E-state index is 0.0299. The summed E-state index contributed by atoms with van der Waals surface area (Å²) in [4.78, 5) is 30.4. The van der Waals surface area contributed by atoms with Gasteiger partial charge in [0.2, 0.25) is 5.78 Å². The zero-order chi connectivity index (χ0) is 19.4. The second-order valence-electron chi connectivity index (χ2n) is 6.61. The fourth-order valence-corrected chi connectivity index (χ4v) is 3.63. The van der Waals surface area contributed by atoms with Gasteiger partial charge in [-0.25, -0.2) is 0 Å². The SMILES string of the molecule is CSc1ccccc1NC(=O)C[NH+](C)[C@H](C)C(=O)c1c[nH]c2ccccc12. The Morgan fingerprint density at radius 1 is 1.15 bits per heavy atom. The van der Waals surface area contributed by atoms with Gasteiger partial charge in [0, 0.05) is 27.6 Å². The van der Waals surface area contributed by atoms with Crippen LogP contribution in [0.15, 0.2) is 59.6 Å². The van der Waals surface area contributed by atoms with Crippen molar-refractivity contribution in [2.45, 2.75) is 17.9 Å². The van der Waals surface area contributed by atoms with Crippen molar-refractivity contribution in [1.29, 1.82) is 0 Å². The summed E-state index contributed by atoms with van der Waals surface area (Å²) in [5.74, 6) is -0.0742. The van der Waals surface area contributed by atoms with Crippen LogP contribution in [0.5, 0.6) is 0 Å². The van der Waals surface area contributed by atoms with Crippen molar-refractivity contribution < 1.29 is 14.5 Å². The second-order valence-corrected chi connectivity index (χ2v) is 7.45. The van der Waals surface area contributed by atoms with Crippen LogP contribution in [-0.4, -0.2) is 42.6 Å². The number of amides is 1. The molecule has 1 unspecified atom stereocenters. The summed E-state index contributed by atoms with van der Waals surface area (Å²) in [6.07, 6.45) is 3.73. The van der Waals surface area contributed by atoms with Crippen LogP contribution in [0.1, 0.15) is 17.3 Å². The summed E-state index contributed by atoms with van der Waals surface area (Å²) < 4.78 is 0. The number of aromatic amines is 1. The smallest absolute Gasteiger partial charge is 0.279 e. The predicted octanol–water partition coefficient (Wildman–Crippen LogP) is 2.61. The lowest BCUT2D eigenvalue weighted by molar-refractivity contribution is -0.885. The summed E-state index contributed by atoms with van der Waals surface area (Å²) in [7, 11) is 1.87. The number of anilines is 1. The van der Waals surface area contributed by atoms with Crippen LogP contribution in [0.3, 0.4) is 0 Å². The van der Waals surface area contributed by atoms with Gasteiger partial charge < -0.3 is 15.2 Å². The highest BCUT2D eigenvalue weighted by molar-refractivity contribution is 7.98. The molecule has 140 valence electrons. The average Bonchev–Trinajstić information content (AvgIpc) is 3.11. The first kappa shape index (κ1) is 19.2. The molecule has 0 bridgehead atoms. The highest BCUT2D eigenvalue weighted by Gasteiger charge is 2.27. The molecule has 0 radical (unpaired) electrons. The Morgan fingerprint density at radius 3 is 2.63 bits per heavy atom. The zero-order valence-corrected chi connectivity index (χ0v) is 16.5. The lowest BCUT2D eigenvalue weighted by atomic mass is 10.0. The number of para-hydroxylation sites is 2. The van der Waals surface area contributed by atoms with Crippen LogP contribution in [-0.2, 0) is 4.79 Å². The standard InChI is InChI=1S/C21H23N3O2S/c1-14(21(26)16-12-22-17-9-5-4-8-15(16)17)24(2)13-20(25)23-18-10-6-7-11-19(18)27-3/h4-12,14,22H,13H2,1-3H3,(H,23,25)/p+1/t14-/m1/s1. The Bertz CT molecular complexity index is 967. The molecule has 3 rings (SSSR count). The van der Waals surface area contributed by atoms with E-state index in [9.17, 15) is 9.59 Å². The Kier molecular flexibility index (Phi) is 5.98. The van der Waals surface area contributed by atoms with E-state index < -0.39 is 0 Å². The van der Waals surface area contributed by atoms with Gasteiger partial charge in [0.05, 0.1) is 12.7 Å². The number of carbonyl (C=O) groups is 2. The number of Topliss-reactive ketones (excluding diaryl/α,β-unsaturated/α-hetero) is 1. The van der Waals surface area contributed by atoms with Crippen LogP contribution in [0.25, 0.3) is 10.9 Å². The van der Waals surface area contributed by atoms with Gasteiger partial charge in [-0.2, -0.15) is 0 Å². The van der Waals surface area contributed by atoms with E-state index >= 15 is 0 Å². The maximum atomic E-state index is 12.9. The van der Waals surface area contributed by atoms with Gasteiger partial charge in [0.15, 0.2) is 6.54 Å². The largest absolute Gasteiger partial charge is 0.360 e. The Labute approximate surface area is 163 Å². The first-order valence-corrected chi connectivity index (χ1v) is 10.1. The van der Waals surface area contributed by atoms with E-state index in [1.54, 1.807) is 18.0 Å². The minimum atomic E-state index is -0.328. The van der Waals surface area contributed by atoms with Gasteiger partial charge in [-0.1, -0.05) is 30.3 Å². The Morgan fingerprint density at radius 2 is 1.85 bits per heavy atom. The van der Waals surface area contributed by atoms with Crippen LogP contribution < -0.4 is 10.2 Å². The van der Waals surface area contributed by atoms with Crippen molar-refractivity contribution in [3.05, 3.63) is 60.3 Å². The van der Waals surface area contributed by atoms with Crippen molar-refractivity contribution in [3.8, 4) is 0 Å². The number of likely N-dealkylation sites (N-methyl/N-ethyl adjacent to an activating group) is 1. The molecular formula is C21H24N3O2S+. The topological polar surface area (TPSA) is 66.4 Å². The normalized spacial score (nSPS) is 13.3. The molecule has 3 N–H and O–H groups in total. The number of thioether (sulfide) groups is 1. The number of carbonyl (C=O) groups excluding carboxylic acids is 2. The van der Waals surface area contributed by atoms with E-state index in [-0.39, 0.29) is 24.3 Å². The molecule has 0 aliphatic carbocycles. The van der Waals surface area contributed by atoms with E-state index in [0.717, 1.165) is 26.4 Å². The first-order chi connectivity index (χ1) is 13.0. The number of hydrogen-bond donors (Lipinski definition) is 3. The van der Waals surface area contributed by atoms with Gasteiger partial charge in [0.25, 0.3) is 5.91 Å². The second kappa shape index (κ2) is 8.41. The third-order valence-corrected chi connectivity index (χ3v) is 5.60. The van der Waals surface area contributed by atoms with Crippen molar-refractivity contribution in [3.63, 3.8) is 0 Å². The van der Waals surface area contributed by atoms with E-state index in [4.69, 9.17) is 0 Å². The highest BCUT2D eigenvalue weighted by atomic mass is 32.2. The molecule has 5 nitrogen and oxygen atoms in total. The number of rotatable bonds is 7. The van der Waals surface area contributed by atoms with E-state index in [0.29, 0.717) is 5.56 Å². The highest BCUT2D eigenvalue weighted by Crippen LogP contribution is 2.24. The van der Waals surface area contributed by atoms with Crippen LogP contribution in [0.2, 0.25) is 0 Å². The molecule has 0 aliphatic rings. The molecule has 0 aliphatic heterocycles. The molecule has 2 atom stereocenters. The van der Waals surface area contributed by atoms with Crippen molar-refractivity contribution in [2.75, 3.05) is 25.2 Å². The van der Waals surface area contributed by atoms with Gasteiger partial charge in [-0.3, -0.25) is 9.59 Å². The van der Waals surface area contributed by atoms with E-state index in [1.807, 2.05) is 68.8 Å². The number of aromatic nitrogens is 1. The molecule has 1 amide bonds. The molecule has 3 aromatic rings. The minimum Gasteiger partial charge on any atom is -0.360 e. The molecule has 2 aromatic carbocycles. The van der Waals surface area contributed by atoms with Crippen LogP contribution in [0, 0.1) is 0 Å². The van der Waals surface area contributed by atoms with Crippen molar-refractivity contribution in [2.24, 2.45) is 0 Å². The maximum Gasteiger partial charge on any atom is 0.279 e. The number of hydrogen-bond acceptors (Lipinski definition) is 3. The summed E-state index contributed by atoms with van der Waals surface area (Å²) in [6.45, 7) is 2.08. The number of benzene rings is 2. The maximum absolute atomic E-state index is 12.9. The van der Waals surface area contributed by atoms with Crippen molar-refractivity contribution >= 4 is 40.0 Å². The van der Waals surface area contributed by atoms with Gasteiger partial charge in [-0.15, -0.1) is 11.8 Å². The van der Waals surface area contributed by atoms with Crippen LogP contribution in [0.4, 0.5) is 5.69 Å². The quantitative estimate of drug-likeness (QED) is 0.435. The molecule has 1 aromatic heterocycles. The molecule has 6 heteroatoms. The Hall–Kier alpha value is -2.57.